The number of likely N-dealkylation sites (tertiary alicyclic amines) is 1. The first-order valence-corrected chi connectivity index (χ1v) is 9.67. The van der Waals surface area contributed by atoms with E-state index in [9.17, 15) is 0 Å². The fraction of sp³-hybridized carbons (Fsp3) is 0.700. The van der Waals surface area contributed by atoms with Crippen LogP contribution in [0.25, 0.3) is 0 Å². The molecule has 3 atom stereocenters. The second-order valence-electron chi connectivity index (χ2n) is 7.24. The topological polar surface area (TPSA) is 40.2 Å². The molecule has 1 aliphatic carbocycles. The van der Waals surface area contributed by atoms with Crippen molar-refractivity contribution in [2.24, 2.45) is 0 Å². The lowest BCUT2D eigenvalue weighted by atomic mass is 9.91. The van der Waals surface area contributed by atoms with E-state index in [1.165, 1.54) is 24.8 Å². The third kappa shape index (κ3) is 4.73. The largest absolute Gasteiger partial charge is 0.493 e. The normalized spacial score (nSPS) is 26.8. The molecule has 5 nitrogen and oxygen atoms in total. The van der Waals surface area contributed by atoms with E-state index in [-0.39, 0.29) is 6.10 Å². The highest BCUT2D eigenvalue weighted by atomic mass is 16.5. The van der Waals surface area contributed by atoms with Gasteiger partial charge in [-0.2, -0.15) is 0 Å². The molecule has 1 aliphatic heterocycles. The minimum Gasteiger partial charge on any atom is -0.493 e. The van der Waals surface area contributed by atoms with Gasteiger partial charge in [-0.15, -0.1) is 0 Å². The van der Waals surface area contributed by atoms with Crippen molar-refractivity contribution in [3.05, 3.63) is 23.8 Å². The lowest BCUT2D eigenvalue weighted by Gasteiger charge is -2.37. The predicted molar refractivity (Wildman–Crippen MR) is 102 cm³/mol. The van der Waals surface area contributed by atoms with Crippen LogP contribution in [0.2, 0.25) is 0 Å². The van der Waals surface area contributed by atoms with Crippen LogP contribution >= 0.6 is 0 Å². The van der Waals surface area contributed by atoms with Gasteiger partial charge in [-0.05, 0) is 43.4 Å². The quantitative estimate of drug-likeness (QED) is 0.668. The first-order chi connectivity index (χ1) is 12.7. The highest BCUT2D eigenvalue weighted by Gasteiger charge is 2.34. The lowest BCUT2D eigenvalue weighted by molar-refractivity contribution is -0.0310. The number of hydrogen-bond donors (Lipinski definition) is 0. The van der Waals surface area contributed by atoms with Crippen LogP contribution in [0.1, 0.15) is 37.7 Å². The molecule has 0 unspecified atom stereocenters. The zero-order valence-corrected chi connectivity index (χ0v) is 16.0. The highest BCUT2D eigenvalue weighted by Crippen LogP contribution is 2.30. The van der Waals surface area contributed by atoms with Gasteiger partial charge in [0.1, 0.15) is 0 Å². The molecule has 1 heterocycles. The van der Waals surface area contributed by atoms with E-state index in [0.29, 0.717) is 12.1 Å². The Morgan fingerprint density at radius 2 is 1.88 bits per heavy atom. The van der Waals surface area contributed by atoms with Crippen molar-refractivity contribution in [3.63, 3.8) is 0 Å². The molecule has 0 aromatic heterocycles. The van der Waals surface area contributed by atoms with Crippen molar-refractivity contribution in [1.29, 1.82) is 0 Å². The summed E-state index contributed by atoms with van der Waals surface area (Å²) in [5.41, 5.74) is 1.20. The third-order valence-electron chi connectivity index (χ3n) is 5.68. The molecule has 0 bridgehead atoms. The van der Waals surface area contributed by atoms with Gasteiger partial charge >= 0.3 is 0 Å². The molecule has 1 aromatic carbocycles. The van der Waals surface area contributed by atoms with Crippen molar-refractivity contribution in [2.45, 2.75) is 56.8 Å². The Labute approximate surface area is 158 Å². The average Bonchev–Trinajstić information content (AvgIpc) is 3.17. The molecule has 2 radical (unpaired) electrons. The van der Waals surface area contributed by atoms with Gasteiger partial charge < -0.3 is 18.9 Å². The summed E-state index contributed by atoms with van der Waals surface area (Å²) >= 11 is 0. The third-order valence-corrected chi connectivity index (χ3v) is 5.68. The van der Waals surface area contributed by atoms with E-state index < -0.39 is 0 Å². The molecule has 1 saturated carbocycles. The monoisotopic (exact) mass is 359 g/mol. The Bertz CT molecular complexity index is 571. The Morgan fingerprint density at radius 3 is 2.62 bits per heavy atom. The molecule has 1 aromatic rings. The van der Waals surface area contributed by atoms with Gasteiger partial charge in [-0.3, -0.25) is 4.90 Å². The van der Waals surface area contributed by atoms with E-state index >= 15 is 0 Å². The summed E-state index contributed by atoms with van der Waals surface area (Å²) in [6, 6.07) is 6.56. The molecule has 0 N–H and O–H groups in total. The van der Waals surface area contributed by atoms with Gasteiger partial charge in [0.25, 0.3) is 8.05 Å². The van der Waals surface area contributed by atoms with Crippen LogP contribution < -0.4 is 9.47 Å². The van der Waals surface area contributed by atoms with Gasteiger partial charge in [-0.1, -0.05) is 18.9 Å². The molecule has 2 aliphatic rings. The zero-order chi connectivity index (χ0) is 18.4. The zero-order valence-electron chi connectivity index (χ0n) is 16.0. The number of rotatable bonds is 8. The van der Waals surface area contributed by atoms with Crippen molar-refractivity contribution in [3.8, 4) is 11.5 Å². The van der Waals surface area contributed by atoms with E-state index in [4.69, 9.17) is 26.9 Å². The molecular weight excluding hydrogens is 329 g/mol. The molecule has 0 spiro atoms. The van der Waals surface area contributed by atoms with Crippen molar-refractivity contribution < 1.29 is 18.9 Å². The van der Waals surface area contributed by atoms with Crippen LogP contribution in [0.3, 0.4) is 0 Å². The van der Waals surface area contributed by atoms with Crippen molar-refractivity contribution in [2.75, 3.05) is 33.9 Å². The maximum Gasteiger partial charge on any atom is 0.283 e. The summed E-state index contributed by atoms with van der Waals surface area (Å²) in [6.07, 6.45) is 7.25. The van der Waals surface area contributed by atoms with Gasteiger partial charge in [0, 0.05) is 19.1 Å². The standard InChI is InChI=1S/C20H30BNO4/c1-23-19-8-7-15(13-20(19)24-2)10-12-25-18-6-4-3-5-17(18)22-11-9-16(14-22)26-21/h7-8,13,16-18H,3-6,9-12,14H2,1-2H3/t16-,17-,18-/m1/s1. The van der Waals surface area contributed by atoms with Crippen LogP contribution in [0.15, 0.2) is 18.2 Å². The first kappa shape index (κ1) is 19.5. The average molecular weight is 359 g/mol. The van der Waals surface area contributed by atoms with E-state index in [1.807, 2.05) is 12.1 Å². The van der Waals surface area contributed by atoms with E-state index in [1.54, 1.807) is 14.2 Å². The number of methoxy groups -OCH3 is 2. The van der Waals surface area contributed by atoms with Crippen LogP contribution in [0.5, 0.6) is 11.5 Å². The summed E-state index contributed by atoms with van der Waals surface area (Å²) in [5.74, 6) is 1.53. The van der Waals surface area contributed by atoms with Crippen molar-refractivity contribution in [1.82, 2.24) is 4.90 Å². The SMILES string of the molecule is [B]O[C@@H]1CCN([C@@H]2CCCC[C@H]2OCCc2ccc(OC)c(OC)c2)C1. The molecule has 0 amide bonds. The van der Waals surface area contributed by atoms with E-state index in [0.717, 1.165) is 50.5 Å². The second kappa shape index (κ2) is 9.63. The second-order valence-corrected chi connectivity index (χ2v) is 7.24. The summed E-state index contributed by atoms with van der Waals surface area (Å²) in [7, 11) is 8.69. The Balaban J connectivity index is 1.52. The fourth-order valence-electron chi connectivity index (χ4n) is 4.22. The van der Waals surface area contributed by atoms with Gasteiger partial charge in [0.15, 0.2) is 11.5 Å². The maximum atomic E-state index is 6.33. The van der Waals surface area contributed by atoms with Crippen LogP contribution in [-0.4, -0.2) is 65.1 Å². The summed E-state index contributed by atoms with van der Waals surface area (Å²) in [5, 5.41) is 0. The minimum atomic E-state index is 0.171. The number of benzene rings is 1. The Hall–Kier alpha value is -1.24. The summed E-state index contributed by atoms with van der Waals surface area (Å²) in [6.45, 7) is 2.71. The van der Waals surface area contributed by atoms with E-state index in [2.05, 4.69) is 11.0 Å². The van der Waals surface area contributed by atoms with Gasteiger partial charge in [-0.25, -0.2) is 0 Å². The molecule has 1 saturated heterocycles. The predicted octanol–water partition coefficient (Wildman–Crippen LogP) is 2.75. The van der Waals surface area contributed by atoms with Crippen molar-refractivity contribution >= 4 is 8.05 Å². The molecule has 26 heavy (non-hydrogen) atoms. The maximum absolute atomic E-state index is 6.33. The smallest absolute Gasteiger partial charge is 0.283 e. The number of nitrogens with zero attached hydrogens (tertiary/aromatic N) is 1. The Kier molecular flexibility index (Phi) is 7.23. The molecule has 6 heteroatoms. The summed E-state index contributed by atoms with van der Waals surface area (Å²) < 4.78 is 22.1. The highest BCUT2D eigenvalue weighted by molar-refractivity contribution is 5.98. The van der Waals surface area contributed by atoms with Gasteiger partial charge in [0.05, 0.1) is 33.0 Å². The molecule has 2 fully saturated rings. The molecular formula is C20H30BNO4. The van der Waals surface area contributed by atoms with Crippen LogP contribution in [0.4, 0.5) is 0 Å². The molecule has 3 rings (SSSR count). The van der Waals surface area contributed by atoms with Crippen LogP contribution in [-0.2, 0) is 15.8 Å². The lowest BCUT2D eigenvalue weighted by Crippen LogP contribution is -2.46. The fourth-order valence-corrected chi connectivity index (χ4v) is 4.22. The minimum absolute atomic E-state index is 0.171. The first-order valence-electron chi connectivity index (χ1n) is 9.67. The number of hydrogen-bond acceptors (Lipinski definition) is 5. The summed E-state index contributed by atoms with van der Waals surface area (Å²) in [4.78, 5) is 2.51. The van der Waals surface area contributed by atoms with Gasteiger partial charge in [0.2, 0.25) is 0 Å². The van der Waals surface area contributed by atoms with Crippen LogP contribution in [0, 0.1) is 0 Å². The Morgan fingerprint density at radius 1 is 1.08 bits per heavy atom. The molecule has 142 valence electrons. The number of ether oxygens (including phenoxy) is 3.